The Morgan fingerprint density at radius 2 is 1.79 bits per heavy atom. The van der Waals surface area contributed by atoms with Gasteiger partial charge in [-0.3, -0.25) is 0 Å². The number of aromatic nitrogens is 3. The lowest BCUT2D eigenvalue weighted by Gasteiger charge is -2.22. The minimum absolute atomic E-state index is 0.355. The van der Waals surface area contributed by atoms with Gasteiger partial charge in [0.15, 0.2) is 0 Å². The minimum atomic E-state index is 0.355. The molecule has 0 unspecified atom stereocenters. The van der Waals surface area contributed by atoms with Crippen molar-refractivity contribution >= 4 is 27.0 Å². The van der Waals surface area contributed by atoms with Crippen LogP contribution < -0.4 is 4.74 Å². The number of nitrogens with zero attached hydrogens (tertiary/aromatic N) is 3. The van der Waals surface area contributed by atoms with Crippen LogP contribution in [0.1, 0.15) is 56.5 Å². The van der Waals surface area contributed by atoms with Gasteiger partial charge >= 0.3 is 0 Å². The fraction of sp³-hybridized carbons (Fsp3) is 0.478. The lowest BCUT2D eigenvalue weighted by atomic mass is 10.0. The number of aryl methyl sites for hydroxylation is 2. The summed E-state index contributed by atoms with van der Waals surface area (Å²) >= 11 is 3.69. The third-order valence-corrected chi connectivity index (χ3v) is 6.05. The second-order valence-corrected chi connectivity index (χ2v) is 8.80. The molecule has 150 valence electrons. The number of alkyl halides is 1. The molecular weight excluding hydrogens is 414 g/mol. The van der Waals surface area contributed by atoms with E-state index in [0.717, 1.165) is 33.4 Å². The minimum Gasteiger partial charge on any atom is -0.480 e. The Kier molecular flexibility index (Phi) is 6.13. The molecule has 0 aromatic carbocycles. The highest BCUT2D eigenvalue weighted by atomic mass is 79.9. The molecule has 1 atom stereocenters. The highest BCUT2D eigenvalue weighted by Gasteiger charge is 2.21. The summed E-state index contributed by atoms with van der Waals surface area (Å²) in [6.45, 7) is 13.0. The SMILES string of the molecule is COc1nc(C(C)C)ccc1-c1nc2c(C)cn([C@H](CBr)C(C)C)c2cc1C. The summed E-state index contributed by atoms with van der Waals surface area (Å²) in [6.07, 6.45) is 2.23. The van der Waals surface area contributed by atoms with Gasteiger partial charge in [0.2, 0.25) is 5.88 Å². The fourth-order valence-electron chi connectivity index (χ4n) is 3.66. The molecule has 0 saturated heterocycles. The molecule has 0 bridgehead atoms. The zero-order valence-corrected chi connectivity index (χ0v) is 19.5. The molecule has 0 saturated carbocycles. The monoisotopic (exact) mass is 443 g/mol. The average molecular weight is 444 g/mol. The number of hydrogen-bond acceptors (Lipinski definition) is 3. The van der Waals surface area contributed by atoms with Crippen molar-refractivity contribution in [3.63, 3.8) is 0 Å². The first-order valence-electron chi connectivity index (χ1n) is 9.88. The molecule has 28 heavy (non-hydrogen) atoms. The Morgan fingerprint density at radius 3 is 2.36 bits per heavy atom. The molecule has 0 aliphatic rings. The number of fused-ring (bicyclic) bond motifs is 1. The predicted molar refractivity (Wildman–Crippen MR) is 121 cm³/mol. The number of rotatable bonds is 6. The molecule has 3 heterocycles. The summed E-state index contributed by atoms with van der Waals surface area (Å²) in [4.78, 5) is 9.78. The van der Waals surface area contributed by atoms with E-state index in [1.807, 2.05) is 0 Å². The van der Waals surface area contributed by atoms with E-state index in [0.29, 0.717) is 23.8 Å². The van der Waals surface area contributed by atoms with Crippen molar-refractivity contribution in [2.45, 2.75) is 53.5 Å². The number of methoxy groups -OCH3 is 1. The number of pyridine rings is 2. The van der Waals surface area contributed by atoms with Crippen LogP contribution in [0.3, 0.4) is 0 Å². The van der Waals surface area contributed by atoms with Crippen LogP contribution in [-0.4, -0.2) is 27.0 Å². The van der Waals surface area contributed by atoms with Crippen molar-refractivity contribution in [2.24, 2.45) is 5.92 Å². The normalized spacial score (nSPS) is 12.9. The van der Waals surface area contributed by atoms with Gasteiger partial charge in [-0.2, -0.15) is 0 Å². The number of hydrogen-bond donors (Lipinski definition) is 0. The Bertz CT molecular complexity index is 991. The summed E-state index contributed by atoms with van der Waals surface area (Å²) in [5, 5.41) is 0.920. The van der Waals surface area contributed by atoms with Crippen molar-refractivity contribution in [1.29, 1.82) is 0 Å². The van der Waals surface area contributed by atoms with Gasteiger partial charge in [0.05, 0.1) is 29.4 Å². The number of ether oxygens (including phenoxy) is 1. The van der Waals surface area contributed by atoms with Crippen LogP contribution in [0.4, 0.5) is 0 Å². The van der Waals surface area contributed by atoms with Gasteiger partial charge in [-0.25, -0.2) is 9.97 Å². The van der Waals surface area contributed by atoms with Crippen molar-refractivity contribution < 1.29 is 4.74 Å². The molecule has 3 aromatic rings. The average Bonchev–Trinajstić information content (AvgIpc) is 2.96. The van der Waals surface area contributed by atoms with Crippen LogP contribution in [0.5, 0.6) is 5.88 Å². The molecular formula is C23H30BrN3O. The summed E-state index contributed by atoms with van der Waals surface area (Å²) in [5.74, 6) is 1.52. The molecule has 3 aromatic heterocycles. The molecule has 0 radical (unpaired) electrons. The maximum Gasteiger partial charge on any atom is 0.222 e. The van der Waals surface area contributed by atoms with E-state index in [-0.39, 0.29) is 0 Å². The van der Waals surface area contributed by atoms with Gasteiger partial charge in [-0.1, -0.05) is 43.6 Å². The van der Waals surface area contributed by atoms with Gasteiger partial charge in [-0.05, 0) is 55.0 Å². The first-order valence-corrected chi connectivity index (χ1v) is 11.0. The van der Waals surface area contributed by atoms with E-state index >= 15 is 0 Å². The van der Waals surface area contributed by atoms with Gasteiger partial charge in [-0.15, -0.1) is 0 Å². The van der Waals surface area contributed by atoms with Gasteiger partial charge < -0.3 is 9.30 Å². The summed E-state index contributed by atoms with van der Waals surface area (Å²) in [7, 11) is 1.68. The second-order valence-electron chi connectivity index (χ2n) is 8.15. The lowest BCUT2D eigenvalue weighted by Crippen LogP contribution is -2.15. The summed E-state index contributed by atoms with van der Waals surface area (Å²) in [6, 6.07) is 6.80. The van der Waals surface area contributed by atoms with Crippen molar-refractivity contribution in [3.05, 3.63) is 41.2 Å². The van der Waals surface area contributed by atoms with Crippen molar-refractivity contribution in [3.8, 4) is 17.1 Å². The third-order valence-electron chi connectivity index (χ3n) is 5.38. The maximum atomic E-state index is 5.62. The zero-order chi connectivity index (χ0) is 20.6. The molecule has 0 aliphatic heterocycles. The van der Waals surface area contributed by atoms with E-state index in [2.05, 4.69) is 86.4 Å². The van der Waals surface area contributed by atoms with Crippen LogP contribution >= 0.6 is 15.9 Å². The molecule has 4 nitrogen and oxygen atoms in total. The predicted octanol–water partition coefficient (Wildman–Crippen LogP) is 6.44. The molecule has 0 amide bonds. The molecule has 0 N–H and O–H groups in total. The Hall–Kier alpha value is -1.88. The standard InChI is InChI=1S/C23H30BrN3O/c1-13(2)18-9-8-17(23(25-18)28-7)21-15(5)10-19-22(26-21)16(6)12-27(19)20(11-24)14(3)4/h8-10,12-14,20H,11H2,1-7H3/t20-/m1/s1. The van der Waals surface area contributed by atoms with Crippen molar-refractivity contribution in [1.82, 2.24) is 14.5 Å². The zero-order valence-electron chi connectivity index (χ0n) is 17.9. The van der Waals surface area contributed by atoms with Crippen molar-refractivity contribution in [2.75, 3.05) is 12.4 Å². The third kappa shape index (κ3) is 3.69. The van der Waals surface area contributed by atoms with E-state index in [1.54, 1.807) is 7.11 Å². The van der Waals surface area contributed by atoms with Crippen LogP contribution in [-0.2, 0) is 0 Å². The van der Waals surface area contributed by atoms with Crippen LogP contribution in [0, 0.1) is 19.8 Å². The number of halogens is 1. The molecule has 0 spiro atoms. The smallest absolute Gasteiger partial charge is 0.222 e. The topological polar surface area (TPSA) is 39.9 Å². The van der Waals surface area contributed by atoms with E-state index in [1.165, 1.54) is 11.1 Å². The van der Waals surface area contributed by atoms with Crippen LogP contribution in [0.15, 0.2) is 24.4 Å². The van der Waals surface area contributed by atoms with E-state index in [9.17, 15) is 0 Å². The van der Waals surface area contributed by atoms with Gasteiger partial charge in [0.25, 0.3) is 0 Å². The fourth-order valence-corrected chi connectivity index (χ4v) is 4.72. The highest BCUT2D eigenvalue weighted by molar-refractivity contribution is 9.09. The van der Waals surface area contributed by atoms with E-state index < -0.39 is 0 Å². The molecule has 3 rings (SSSR count). The Labute approximate surface area is 176 Å². The maximum absolute atomic E-state index is 5.62. The van der Waals surface area contributed by atoms with Crippen LogP contribution in [0.25, 0.3) is 22.3 Å². The largest absolute Gasteiger partial charge is 0.480 e. The molecule has 0 fully saturated rings. The Morgan fingerprint density at radius 1 is 1.07 bits per heavy atom. The van der Waals surface area contributed by atoms with E-state index in [4.69, 9.17) is 14.7 Å². The molecule has 5 heteroatoms. The Balaban J connectivity index is 2.20. The first kappa shape index (κ1) is 20.8. The summed E-state index contributed by atoms with van der Waals surface area (Å²) < 4.78 is 7.98. The lowest BCUT2D eigenvalue weighted by molar-refractivity contribution is 0.397. The summed E-state index contributed by atoms with van der Waals surface area (Å²) in [5.41, 5.74) is 7.45. The van der Waals surface area contributed by atoms with Gasteiger partial charge in [0, 0.05) is 23.3 Å². The van der Waals surface area contributed by atoms with Crippen LogP contribution in [0.2, 0.25) is 0 Å². The quantitative estimate of drug-likeness (QED) is 0.411. The second kappa shape index (κ2) is 8.24. The highest BCUT2D eigenvalue weighted by Crippen LogP contribution is 2.35. The molecule has 0 aliphatic carbocycles. The first-order chi connectivity index (χ1) is 13.3. The van der Waals surface area contributed by atoms with Gasteiger partial charge in [0.1, 0.15) is 0 Å².